The van der Waals surface area contributed by atoms with Gasteiger partial charge in [-0.25, -0.2) is 4.98 Å². The van der Waals surface area contributed by atoms with Gasteiger partial charge >= 0.3 is 0 Å². The number of hydrogen-bond donors (Lipinski definition) is 0. The van der Waals surface area contributed by atoms with E-state index >= 15 is 0 Å². The highest BCUT2D eigenvalue weighted by Crippen LogP contribution is 2.24. The van der Waals surface area contributed by atoms with Crippen LogP contribution in [0.2, 0.25) is 0 Å². The van der Waals surface area contributed by atoms with Crippen LogP contribution in [0.5, 0.6) is 0 Å². The molecule has 34 heavy (non-hydrogen) atoms. The number of aryl methyl sites for hydroxylation is 1. The molecule has 3 rings (SSSR count). The van der Waals surface area contributed by atoms with Gasteiger partial charge in [0.05, 0.1) is 29.2 Å². The molecular formula is C28H37N3O3. The second-order valence-corrected chi connectivity index (χ2v) is 8.71. The van der Waals surface area contributed by atoms with Crippen LogP contribution < -0.4 is 5.56 Å². The van der Waals surface area contributed by atoms with Crippen LogP contribution in [0.4, 0.5) is 0 Å². The SMILES string of the molecule is CCCCCCC(=O)N(CCOC)C(C)c1nc2ccccc2c(=O)n1-c1ccc(CC)cc1. The molecule has 182 valence electrons. The lowest BCUT2D eigenvalue weighted by Gasteiger charge is -2.30. The zero-order valence-electron chi connectivity index (χ0n) is 20.9. The van der Waals surface area contributed by atoms with E-state index in [9.17, 15) is 9.59 Å². The summed E-state index contributed by atoms with van der Waals surface area (Å²) < 4.78 is 6.97. The van der Waals surface area contributed by atoms with Crippen LogP contribution >= 0.6 is 0 Å². The number of amides is 1. The molecular weight excluding hydrogens is 426 g/mol. The normalized spacial score (nSPS) is 12.1. The maximum absolute atomic E-state index is 13.7. The first-order valence-electron chi connectivity index (χ1n) is 12.4. The first kappa shape index (κ1) is 25.6. The van der Waals surface area contributed by atoms with Crippen molar-refractivity contribution in [1.82, 2.24) is 14.5 Å². The van der Waals surface area contributed by atoms with Crippen LogP contribution in [0.25, 0.3) is 16.6 Å². The van der Waals surface area contributed by atoms with Gasteiger partial charge in [0, 0.05) is 20.1 Å². The molecule has 0 spiro atoms. The van der Waals surface area contributed by atoms with Crippen LogP contribution in [0, 0.1) is 0 Å². The molecule has 0 bridgehead atoms. The minimum Gasteiger partial charge on any atom is -0.383 e. The Morgan fingerprint density at radius 3 is 2.47 bits per heavy atom. The molecule has 1 heterocycles. The molecule has 0 radical (unpaired) electrons. The number of nitrogens with zero attached hydrogens (tertiary/aromatic N) is 3. The lowest BCUT2D eigenvalue weighted by Crippen LogP contribution is -2.39. The topological polar surface area (TPSA) is 64.4 Å². The fraction of sp³-hybridized carbons (Fsp3) is 0.464. The van der Waals surface area contributed by atoms with Crippen LogP contribution in [0.1, 0.15) is 70.3 Å². The number of rotatable bonds is 12. The predicted octanol–water partition coefficient (Wildman–Crippen LogP) is 5.45. The average molecular weight is 464 g/mol. The fourth-order valence-corrected chi connectivity index (χ4v) is 4.27. The lowest BCUT2D eigenvalue weighted by molar-refractivity contribution is -0.134. The van der Waals surface area contributed by atoms with Gasteiger partial charge in [0.2, 0.25) is 5.91 Å². The van der Waals surface area contributed by atoms with Gasteiger partial charge in [0.1, 0.15) is 5.82 Å². The molecule has 0 saturated carbocycles. The van der Waals surface area contributed by atoms with Crippen molar-refractivity contribution in [1.29, 1.82) is 0 Å². The monoisotopic (exact) mass is 463 g/mol. The van der Waals surface area contributed by atoms with Crippen molar-refractivity contribution in [3.8, 4) is 5.69 Å². The number of para-hydroxylation sites is 1. The number of ether oxygens (including phenoxy) is 1. The highest BCUT2D eigenvalue weighted by atomic mass is 16.5. The summed E-state index contributed by atoms with van der Waals surface area (Å²) in [5.74, 6) is 0.627. The molecule has 1 unspecified atom stereocenters. The standard InChI is InChI=1S/C28H37N3O3/c1-5-7-8-9-14-26(32)30(19-20-34-4)21(3)27-29-25-13-11-10-12-24(25)28(33)31(27)23-17-15-22(6-2)16-18-23/h10-13,15-18,21H,5-9,14,19-20H2,1-4H3. The zero-order chi connectivity index (χ0) is 24.5. The second kappa shape index (κ2) is 12.5. The third-order valence-electron chi connectivity index (χ3n) is 6.35. The fourth-order valence-electron chi connectivity index (χ4n) is 4.27. The Labute approximate surface area is 202 Å². The number of carbonyl (C=O) groups is 1. The van der Waals surface area contributed by atoms with Crippen molar-refractivity contribution < 1.29 is 9.53 Å². The van der Waals surface area contributed by atoms with Crippen molar-refractivity contribution in [2.45, 2.75) is 65.3 Å². The number of carbonyl (C=O) groups excluding carboxylic acids is 1. The molecule has 0 fully saturated rings. The zero-order valence-corrected chi connectivity index (χ0v) is 20.9. The summed E-state index contributed by atoms with van der Waals surface area (Å²) in [5.41, 5.74) is 2.46. The summed E-state index contributed by atoms with van der Waals surface area (Å²) in [5, 5.41) is 0.562. The van der Waals surface area contributed by atoms with Gasteiger partial charge < -0.3 is 9.64 Å². The van der Waals surface area contributed by atoms with E-state index in [0.717, 1.165) is 37.8 Å². The Morgan fingerprint density at radius 2 is 1.79 bits per heavy atom. The summed E-state index contributed by atoms with van der Waals surface area (Å²) in [6, 6.07) is 15.0. The maximum Gasteiger partial charge on any atom is 0.266 e. The number of fused-ring (bicyclic) bond motifs is 1. The Kier molecular flexibility index (Phi) is 9.40. The number of hydrogen-bond acceptors (Lipinski definition) is 4. The molecule has 1 amide bonds. The number of aromatic nitrogens is 2. The van der Waals surface area contributed by atoms with Crippen molar-refractivity contribution in [2.24, 2.45) is 0 Å². The van der Waals surface area contributed by atoms with E-state index in [4.69, 9.17) is 9.72 Å². The first-order valence-corrected chi connectivity index (χ1v) is 12.4. The predicted molar refractivity (Wildman–Crippen MR) is 137 cm³/mol. The number of unbranched alkanes of at least 4 members (excludes halogenated alkanes) is 3. The summed E-state index contributed by atoms with van der Waals surface area (Å²) in [6.07, 6.45) is 5.56. The van der Waals surface area contributed by atoms with Gasteiger partial charge in [-0.3, -0.25) is 14.2 Å². The van der Waals surface area contributed by atoms with E-state index in [1.807, 2.05) is 54.3 Å². The Bertz CT molecular complexity index is 1140. The van der Waals surface area contributed by atoms with Crippen LogP contribution in [-0.2, 0) is 16.0 Å². The Balaban J connectivity index is 2.08. The third-order valence-corrected chi connectivity index (χ3v) is 6.35. The van der Waals surface area contributed by atoms with Gasteiger partial charge in [-0.1, -0.05) is 57.4 Å². The van der Waals surface area contributed by atoms with Gasteiger partial charge in [-0.15, -0.1) is 0 Å². The van der Waals surface area contributed by atoms with E-state index in [-0.39, 0.29) is 11.5 Å². The second-order valence-electron chi connectivity index (χ2n) is 8.71. The maximum atomic E-state index is 13.7. The molecule has 0 aliphatic carbocycles. The molecule has 1 aromatic heterocycles. The largest absolute Gasteiger partial charge is 0.383 e. The van der Waals surface area contributed by atoms with Gasteiger partial charge in [0.25, 0.3) is 5.56 Å². The van der Waals surface area contributed by atoms with E-state index in [1.165, 1.54) is 5.56 Å². The van der Waals surface area contributed by atoms with Crippen LogP contribution in [0.15, 0.2) is 53.3 Å². The smallest absolute Gasteiger partial charge is 0.266 e. The lowest BCUT2D eigenvalue weighted by atomic mass is 10.1. The van der Waals surface area contributed by atoms with Crippen molar-refractivity contribution in [2.75, 3.05) is 20.3 Å². The quantitative estimate of drug-likeness (QED) is 0.335. The summed E-state index contributed by atoms with van der Waals surface area (Å²) in [7, 11) is 1.63. The van der Waals surface area contributed by atoms with E-state index in [2.05, 4.69) is 13.8 Å². The minimum absolute atomic E-state index is 0.0657. The third kappa shape index (κ3) is 5.92. The minimum atomic E-state index is -0.392. The number of methoxy groups -OCH3 is 1. The van der Waals surface area contributed by atoms with E-state index < -0.39 is 6.04 Å². The summed E-state index contributed by atoms with van der Waals surface area (Å²) >= 11 is 0. The Hall–Kier alpha value is -2.99. The van der Waals surface area contributed by atoms with Crippen molar-refractivity contribution in [3.05, 3.63) is 70.3 Å². The highest BCUT2D eigenvalue weighted by Gasteiger charge is 2.26. The molecule has 2 aromatic carbocycles. The average Bonchev–Trinajstić information content (AvgIpc) is 2.86. The summed E-state index contributed by atoms with van der Waals surface area (Å²) in [4.78, 5) is 33.6. The molecule has 0 saturated heterocycles. The van der Waals surface area contributed by atoms with Gasteiger partial charge in [-0.2, -0.15) is 0 Å². The van der Waals surface area contributed by atoms with Gasteiger partial charge in [-0.05, 0) is 49.6 Å². The van der Waals surface area contributed by atoms with Crippen LogP contribution in [0.3, 0.4) is 0 Å². The van der Waals surface area contributed by atoms with Crippen molar-refractivity contribution in [3.63, 3.8) is 0 Å². The van der Waals surface area contributed by atoms with Crippen molar-refractivity contribution >= 4 is 16.8 Å². The highest BCUT2D eigenvalue weighted by molar-refractivity contribution is 5.79. The first-order chi connectivity index (χ1) is 16.5. The molecule has 0 N–H and O–H groups in total. The molecule has 3 aromatic rings. The Morgan fingerprint density at radius 1 is 1.06 bits per heavy atom. The number of benzene rings is 2. The van der Waals surface area contributed by atoms with E-state index in [1.54, 1.807) is 17.7 Å². The molecule has 6 nitrogen and oxygen atoms in total. The molecule has 0 aliphatic rings. The molecule has 0 aliphatic heterocycles. The molecule has 6 heteroatoms. The summed E-state index contributed by atoms with van der Waals surface area (Å²) in [6.45, 7) is 7.08. The van der Waals surface area contributed by atoms with Gasteiger partial charge in [0.15, 0.2) is 0 Å². The molecule has 1 atom stereocenters. The van der Waals surface area contributed by atoms with E-state index in [0.29, 0.717) is 36.3 Å². The van der Waals surface area contributed by atoms with Crippen LogP contribution in [-0.4, -0.2) is 40.6 Å².